The Labute approximate surface area is 124 Å². The van der Waals surface area contributed by atoms with Crippen molar-refractivity contribution in [2.45, 2.75) is 13.8 Å². The molecule has 1 aliphatic rings. The van der Waals surface area contributed by atoms with Crippen molar-refractivity contribution in [2.24, 2.45) is 0 Å². The Kier molecular flexibility index (Phi) is 3.84. The third-order valence-corrected chi connectivity index (χ3v) is 3.89. The Morgan fingerprint density at radius 1 is 1.10 bits per heavy atom. The minimum absolute atomic E-state index is 0.285. The Morgan fingerprint density at radius 3 is 2.52 bits per heavy atom. The zero-order valence-corrected chi connectivity index (χ0v) is 12.4. The van der Waals surface area contributed by atoms with E-state index in [0.29, 0.717) is 11.4 Å². The number of nitrogens with zero attached hydrogens (tertiary/aromatic N) is 3. The van der Waals surface area contributed by atoms with Gasteiger partial charge in [-0.2, -0.15) is 0 Å². The van der Waals surface area contributed by atoms with E-state index in [-0.39, 0.29) is 5.82 Å². The minimum Gasteiger partial charge on any atom is -0.354 e. The average molecular weight is 286 g/mol. The number of rotatable bonds is 2. The van der Waals surface area contributed by atoms with Gasteiger partial charge in [0.25, 0.3) is 0 Å². The Hall–Kier alpha value is -2.01. The van der Waals surface area contributed by atoms with Gasteiger partial charge < -0.3 is 10.2 Å². The molecule has 2 aromatic rings. The summed E-state index contributed by atoms with van der Waals surface area (Å²) in [5, 5.41) is 3.33. The van der Waals surface area contributed by atoms with Gasteiger partial charge >= 0.3 is 0 Å². The minimum atomic E-state index is -0.285. The summed E-state index contributed by atoms with van der Waals surface area (Å²) in [5.41, 5.74) is 2.42. The number of hydrogen-bond donors (Lipinski definition) is 1. The first-order chi connectivity index (χ1) is 10.2. The normalized spacial score (nSPS) is 15.3. The number of halogens is 1. The van der Waals surface area contributed by atoms with Crippen LogP contribution in [-0.2, 0) is 0 Å². The van der Waals surface area contributed by atoms with E-state index in [1.807, 2.05) is 13.8 Å². The third-order valence-electron chi connectivity index (χ3n) is 3.89. The van der Waals surface area contributed by atoms with Gasteiger partial charge in [-0.15, -0.1) is 0 Å². The highest BCUT2D eigenvalue weighted by Crippen LogP contribution is 2.26. The van der Waals surface area contributed by atoms with E-state index < -0.39 is 0 Å². The molecule has 0 radical (unpaired) electrons. The lowest BCUT2D eigenvalue weighted by Crippen LogP contribution is -2.44. The summed E-state index contributed by atoms with van der Waals surface area (Å²) in [4.78, 5) is 11.3. The van der Waals surface area contributed by atoms with Crippen molar-refractivity contribution < 1.29 is 4.39 Å². The molecule has 3 rings (SSSR count). The standard InChI is InChI=1S/C16H19FN4/c1-11-12(2)19-15(13-5-3-4-6-14(13)17)20-16(11)21-9-7-18-8-10-21/h3-6,18H,7-10H2,1-2H3. The van der Waals surface area contributed by atoms with Crippen molar-refractivity contribution in [3.63, 3.8) is 0 Å². The van der Waals surface area contributed by atoms with Gasteiger partial charge in [-0.1, -0.05) is 12.1 Å². The molecular weight excluding hydrogens is 267 g/mol. The van der Waals surface area contributed by atoms with E-state index in [0.717, 1.165) is 43.3 Å². The molecule has 5 heteroatoms. The molecule has 0 bridgehead atoms. The highest BCUT2D eigenvalue weighted by Gasteiger charge is 2.18. The largest absolute Gasteiger partial charge is 0.354 e. The van der Waals surface area contributed by atoms with Crippen LogP contribution in [0, 0.1) is 19.7 Å². The van der Waals surface area contributed by atoms with Crippen LogP contribution in [0.1, 0.15) is 11.3 Å². The van der Waals surface area contributed by atoms with Gasteiger partial charge in [0, 0.05) is 37.4 Å². The fourth-order valence-electron chi connectivity index (χ4n) is 2.56. The van der Waals surface area contributed by atoms with Crippen LogP contribution < -0.4 is 10.2 Å². The van der Waals surface area contributed by atoms with Crippen LogP contribution in [-0.4, -0.2) is 36.1 Å². The zero-order valence-electron chi connectivity index (χ0n) is 12.4. The first-order valence-electron chi connectivity index (χ1n) is 7.22. The third kappa shape index (κ3) is 2.74. The Balaban J connectivity index is 2.07. The summed E-state index contributed by atoms with van der Waals surface area (Å²) in [6.07, 6.45) is 0. The Morgan fingerprint density at radius 2 is 1.81 bits per heavy atom. The van der Waals surface area contributed by atoms with E-state index in [2.05, 4.69) is 20.2 Å². The maximum Gasteiger partial charge on any atom is 0.164 e. The van der Waals surface area contributed by atoms with Gasteiger partial charge in [0.05, 0.1) is 5.56 Å². The van der Waals surface area contributed by atoms with Gasteiger partial charge in [0.15, 0.2) is 5.82 Å². The number of aryl methyl sites for hydroxylation is 1. The molecule has 0 amide bonds. The predicted octanol–water partition coefficient (Wildman–Crippen LogP) is 2.31. The molecule has 1 N–H and O–H groups in total. The van der Waals surface area contributed by atoms with Crippen LogP contribution >= 0.6 is 0 Å². The maximum atomic E-state index is 14.0. The van der Waals surface area contributed by atoms with Crippen LogP contribution in [0.2, 0.25) is 0 Å². The van der Waals surface area contributed by atoms with Crippen molar-refractivity contribution in [3.05, 3.63) is 41.3 Å². The summed E-state index contributed by atoms with van der Waals surface area (Å²) >= 11 is 0. The molecule has 0 unspecified atom stereocenters. The van der Waals surface area contributed by atoms with Gasteiger partial charge in [0.1, 0.15) is 11.6 Å². The molecule has 1 aromatic carbocycles. The number of nitrogens with one attached hydrogen (secondary N) is 1. The molecule has 1 aliphatic heterocycles. The molecule has 1 aromatic heterocycles. The van der Waals surface area contributed by atoms with Crippen LogP contribution in [0.25, 0.3) is 11.4 Å². The molecular formula is C16H19FN4. The van der Waals surface area contributed by atoms with E-state index in [1.165, 1.54) is 6.07 Å². The smallest absolute Gasteiger partial charge is 0.164 e. The quantitative estimate of drug-likeness (QED) is 0.920. The average Bonchev–Trinajstić information content (AvgIpc) is 2.51. The summed E-state index contributed by atoms with van der Waals surface area (Å²) in [7, 11) is 0. The van der Waals surface area contributed by atoms with Crippen molar-refractivity contribution in [1.29, 1.82) is 0 Å². The number of aromatic nitrogens is 2. The van der Waals surface area contributed by atoms with Crippen molar-refractivity contribution in [1.82, 2.24) is 15.3 Å². The summed E-state index contributed by atoms with van der Waals surface area (Å²) in [6.45, 7) is 7.68. The monoisotopic (exact) mass is 286 g/mol. The fourth-order valence-corrected chi connectivity index (χ4v) is 2.56. The number of anilines is 1. The topological polar surface area (TPSA) is 41.1 Å². The molecule has 110 valence electrons. The predicted molar refractivity (Wildman–Crippen MR) is 82.0 cm³/mol. The molecule has 2 heterocycles. The fraction of sp³-hybridized carbons (Fsp3) is 0.375. The lowest BCUT2D eigenvalue weighted by atomic mass is 10.1. The first kappa shape index (κ1) is 13.9. The molecule has 1 fully saturated rings. The summed E-state index contributed by atoms with van der Waals surface area (Å²) in [6, 6.07) is 6.65. The lowest BCUT2D eigenvalue weighted by molar-refractivity contribution is 0.583. The van der Waals surface area contributed by atoms with Crippen LogP contribution in [0.3, 0.4) is 0 Å². The van der Waals surface area contributed by atoms with Crippen molar-refractivity contribution in [2.75, 3.05) is 31.1 Å². The lowest BCUT2D eigenvalue weighted by Gasteiger charge is -2.30. The second-order valence-corrected chi connectivity index (χ2v) is 5.30. The SMILES string of the molecule is Cc1nc(-c2ccccc2F)nc(N2CCNCC2)c1C. The van der Waals surface area contributed by atoms with E-state index >= 15 is 0 Å². The van der Waals surface area contributed by atoms with E-state index in [1.54, 1.807) is 18.2 Å². The Bertz CT molecular complexity index is 651. The maximum absolute atomic E-state index is 14.0. The van der Waals surface area contributed by atoms with Gasteiger partial charge in [-0.3, -0.25) is 0 Å². The van der Waals surface area contributed by atoms with Gasteiger partial charge in [0.2, 0.25) is 0 Å². The second-order valence-electron chi connectivity index (χ2n) is 5.30. The highest BCUT2D eigenvalue weighted by atomic mass is 19.1. The van der Waals surface area contributed by atoms with Crippen LogP contribution in [0.4, 0.5) is 10.2 Å². The molecule has 0 saturated carbocycles. The molecule has 1 saturated heterocycles. The molecule has 0 spiro atoms. The molecule has 0 atom stereocenters. The van der Waals surface area contributed by atoms with Crippen molar-refractivity contribution >= 4 is 5.82 Å². The second kappa shape index (κ2) is 5.77. The summed E-state index contributed by atoms with van der Waals surface area (Å²) in [5.74, 6) is 1.10. The molecule has 0 aliphatic carbocycles. The zero-order chi connectivity index (χ0) is 14.8. The van der Waals surface area contributed by atoms with Crippen molar-refractivity contribution in [3.8, 4) is 11.4 Å². The number of benzene rings is 1. The first-order valence-corrected chi connectivity index (χ1v) is 7.22. The van der Waals surface area contributed by atoms with Gasteiger partial charge in [-0.05, 0) is 26.0 Å². The molecule has 4 nitrogen and oxygen atoms in total. The molecule has 21 heavy (non-hydrogen) atoms. The van der Waals surface area contributed by atoms with Crippen LogP contribution in [0.15, 0.2) is 24.3 Å². The summed E-state index contributed by atoms with van der Waals surface area (Å²) < 4.78 is 14.0. The van der Waals surface area contributed by atoms with E-state index in [4.69, 9.17) is 0 Å². The van der Waals surface area contributed by atoms with Crippen LogP contribution in [0.5, 0.6) is 0 Å². The highest BCUT2D eigenvalue weighted by molar-refractivity contribution is 5.61. The number of hydrogen-bond acceptors (Lipinski definition) is 4. The van der Waals surface area contributed by atoms with Gasteiger partial charge in [-0.25, -0.2) is 14.4 Å². The van der Waals surface area contributed by atoms with E-state index in [9.17, 15) is 4.39 Å². The number of piperazine rings is 1.